The lowest BCUT2D eigenvalue weighted by molar-refractivity contribution is 0.100. The molecule has 1 aromatic rings. The highest BCUT2D eigenvalue weighted by Gasteiger charge is 2.23. The van der Waals surface area contributed by atoms with Crippen molar-refractivity contribution in [2.45, 2.75) is 64.5 Å². The van der Waals surface area contributed by atoms with Gasteiger partial charge in [0, 0.05) is 6.04 Å². The Morgan fingerprint density at radius 3 is 2.43 bits per heavy atom. The number of nitrogen functional groups attached to an aromatic ring is 1. The fraction of sp³-hybridized carbons (Fsp3) is 0.667. The summed E-state index contributed by atoms with van der Waals surface area (Å²) in [6.07, 6.45) is 7.36. The summed E-state index contributed by atoms with van der Waals surface area (Å²) < 4.78 is 5.79. The maximum absolute atomic E-state index is 11.5. The number of carbonyl (C=O) groups excluding carboxylic acids is 1. The second-order valence-electron chi connectivity index (χ2n) is 5.87. The summed E-state index contributed by atoms with van der Waals surface area (Å²) in [7, 11) is 0. The monoisotopic (exact) mass is 311 g/mol. The van der Waals surface area contributed by atoms with Gasteiger partial charge in [0.1, 0.15) is 15.6 Å². The van der Waals surface area contributed by atoms with Gasteiger partial charge in [-0.25, -0.2) is 0 Å². The molecule has 5 N–H and O–H groups in total. The standard InChI is InChI=1S/C15H25N3O2S/c1-9(2)20-12-11(16)13(14(17)19)21-15(12)18-10-7-5-3-4-6-8-10/h9-10,18H,3-8,16H2,1-2H3,(H2,17,19). The van der Waals surface area contributed by atoms with E-state index in [0.717, 1.165) is 17.8 Å². The second kappa shape index (κ2) is 7.02. The van der Waals surface area contributed by atoms with Crippen molar-refractivity contribution in [1.29, 1.82) is 0 Å². The molecule has 1 saturated carbocycles. The summed E-state index contributed by atoms with van der Waals surface area (Å²) in [5.74, 6) is 0.0769. The van der Waals surface area contributed by atoms with E-state index in [4.69, 9.17) is 16.2 Å². The topological polar surface area (TPSA) is 90.4 Å². The lowest BCUT2D eigenvalue weighted by atomic mass is 10.1. The molecule has 0 spiro atoms. The maximum Gasteiger partial charge on any atom is 0.261 e. The van der Waals surface area contributed by atoms with Crippen molar-refractivity contribution in [3.05, 3.63) is 4.88 Å². The maximum atomic E-state index is 11.5. The van der Waals surface area contributed by atoms with Crippen molar-refractivity contribution in [2.75, 3.05) is 11.1 Å². The van der Waals surface area contributed by atoms with Gasteiger partial charge >= 0.3 is 0 Å². The number of primary amides is 1. The Morgan fingerprint density at radius 1 is 1.29 bits per heavy atom. The lowest BCUT2D eigenvalue weighted by Gasteiger charge is -2.18. The van der Waals surface area contributed by atoms with Crippen LogP contribution in [-0.4, -0.2) is 18.1 Å². The molecule has 1 aliphatic rings. The first-order valence-electron chi connectivity index (χ1n) is 7.64. The Labute approximate surface area is 130 Å². The number of hydrogen-bond donors (Lipinski definition) is 3. The molecule has 0 aromatic carbocycles. The van der Waals surface area contributed by atoms with E-state index in [9.17, 15) is 4.79 Å². The Balaban J connectivity index is 2.23. The number of carbonyl (C=O) groups is 1. The summed E-state index contributed by atoms with van der Waals surface area (Å²) >= 11 is 1.30. The van der Waals surface area contributed by atoms with Crippen molar-refractivity contribution in [1.82, 2.24) is 0 Å². The molecule has 21 heavy (non-hydrogen) atoms. The van der Waals surface area contributed by atoms with Gasteiger partial charge < -0.3 is 21.5 Å². The van der Waals surface area contributed by atoms with E-state index in [2.05, 4.69) is 5.32 Å². The normalized spacial score (nSPS) is 16.7. The third kappa shape index (κ3) is 4.03. The molecule has 0 radical (unpaired) electrons. The average Bonchev–Trinajstić information content (AvgIpc) is 2.61. The lowest BCUT2D eigenvalue weighted by Crippen LogP contribution is -2.18. The summed E-state index contributed by atoms with van der Waals surface area (Å²) in [6, 6.07) is 0.417. The van der Waals surface area contributed by atoms with Crippen molar-refractivity contribution in [3.8, 4) is 5.75 Å². The van der Waals surface area contributed by atoms with Crippen LogP contribution in [0.25, 0.3) is 0 Å². The molecule has 1 aromatic heterocycles. The van der Waals surface area contributed by atoms with Crippen LogP contribution in [0.4, 0.5) is 10.7 Å². The minimum atomic E-state index is -0.500. The van der Waals surface area contributed by atoms with Gasteiger partial charge in [0.2, 0.25) is 0 Å². The van der Waals surface area contributed by atoms with E-state index in [1.54, 1.807) is 0 Å². The Hall–Kier alpha value is -1.43. The van der Waals surface area contributed by atoms with Gasteiger partial charge in [-0.05, 0) is 26.7 Å². The van der Waals surface area contributed by atoms with Crippen LogP contribution < -0.4 is 21.5 Å². The Morgan fingerprint density at radius 2 is 1.90 bits per heavy atom. The fourth-order valence-corrected chi connectivity index (χ4v) is 3.65. The molecule has 2 rings (SSSR count). The van der Waals surface area contributed by atoms with Gasteiger partial charge in [0.05, 0.1) is 6.10 Å². The molecule has 0 unspecified atom stereocenters. The number of anilines is 2. The number of hydrogen-bond acceptors (Lipinski definition) is 5. The van der Waals surface area contributed by atoms with Crippen LogP contribution >= 0.6 is 11.3 Å². The van der Waals surface area contributed by atoms with Crippen LogP contribution in [0, 0.1) is 0 Å². The highest BCUT2D eigenvalue weighted by Crippen LogP contribution is 2.44. The zero-order valence-electron chi connectivity index (χ0n) is 12.8. The minimum absolute atomic E-state index is 0.00249. The summed E-state index contributed by atoms with van der Waals surface area (Å²) in [5, 5.41) is 4.35. The fourth-order valence-electron chi connectivity index (χ4n) is 2.67. The number of thiophene rings is 1. The van der Waals surface area contributed by atoms with Crippen molar-refractivity contribution in [3.63, 3.8) is 0 Å². The van der Waals surface area contributed by atoms with Crippen molar-refractivity contribution >= 4 is 27.9 Å². The molecule has 1 amide bonds. The van der Waals surface area contributed by atoms with Crippen LogP contribution in [-0.2, 0) is 0 Å². The molecule has 1 fully saturated rings. The van der Waals surface area contributed by atoms with E-state index in [1.807, 2.05) is 13.8 Å². The molecular weight excluding hydrogens is 286 g/mol. The quantitative estimate of drug-likeness (QED) is 0.727. The molecule has 1 aliphatic carbocycles. The molecule has 0 aliphatic heterocycles. The van der Waals surface area contributed by atoms with E-state index in [-0.39, 0.29) is 6.10 Å². The highest BCUT2D eigenvalue weighted by molar-refractivity contribution is 7.19. The first kappa shape index (κ1) is 15.9. The third-order valence-electron chi connectivity index (χ3n) is 3.67. The third-order valence-corrected chi connectivity index (χ3v) is 4.80. The summed E-state index contributed by atoms with van der Waals surface area (Å²) in [4.78, 5) is 11.9. The molecular formula is C15H25N3O2S. The highest BCUT2D eigenvalue weighted by atomic mass is 32.1. The minimum Gasteiger partial charge on any atom is -0.486 e. The van der Waals surface area contributed by atoms with Gasteiger partial charge in [-0.2, -0.15) is 0 Å². The van der Waals surface area contributed by atoms with E-state index >= 15 is 0 Å². The number of nitrogens with two attached hydrogens (primary N) is 2. The van der Waals surface area contributed by atoms with Crippen LogP contribution in [0.1, 0.15) is 62.0 Å². The van der Waals surface area contributed by atoms with Crippen LogP contribution in [0.5, 0.6) is 5.75 Å². The molecule has 1 heterocycles. The van der Waals surface area contributed by atoms with Gasteiger partial charge in [-0.15, -0.1) is 11.3 Å². The van der Waals surface area contributed by atoms with Crippen LogP contribution in [0.3, 0.4) is 0 Å². The Kier molecular flexibility index (Phi) is 5.33. The number of rotatable bonds is 5. The average molecular weight is 311 g/mol. The summed E-state index contributed by atoms with van der Waals surface area (Å²) in [6.45, 7) is 3.88. The molecule has 5 nitrogen and oxygen atoms in total. The van der Waals surface area contributed by atoms with Crippen LogP contribution in [0.15, 0.2) is 0 Å². The largest absolute Gasteiger partial charge is 0.486 e. The van der Waals surface area contributed by atoms with Gasteiger partial charge in [0.15, 0.2) is 5.75 Å². The van der Waals surface area contributed by atoms with E-state index < -0.39 is 5.91 Å². The molecule has 6 heteroatoms. The van der Waals surface area contributed by atoms with Crippen molar-refractivity contribution < 1.29 is 9.53 Å². The zero-order chi connectivity index (χ0) is 15.4. The van der Waals surface area contributed by atoms with Gasteiger partial charge in [0.25, 0.3) is 5.91 Å². The predicted octanol–water partition coefficient (Wildman–Crippen LogP) is 3.35. The van der Waals surface area contributed by atoms with Crippen molar-refractivity contribution in [2.24, 2.45) is 5.73 Å². The summed E-state index contributed by atoms with van der Waals surface area (Å²) in [5.41, 5.74) is 11.8. The van der Waals surface area contributed by atoms with Gasteiger partial charge in [-0.3, -0.25) is 4.79 Å². The van der Waals surface area contributed by atoms with Gasteiger partial charge in [-0.1, -0.05) is 25.7 Å². The zero-order valence-corrected chi connectivity index (χ0v) is 13.6. The molecule has 0 bridgehead atoms. The first-order chi connectivity index (χ1) is 9.99. The predicted molar refractivity (Wildman–Crippen MR) is 88.1 cm³/mol. The first-order valence-corrected chi connectivity index (χ1v) is 8.46. The number of ether oxygens (including phenoxy) is 1. The number of amides is 1. The second-order valence-corrected chi connectivity index (χ2v) is 6.89. The SMILES string of the molecule is CC(C)Oc1c(NC2CCCCCC2)sc(C(N)=O)c1N. The molecule has 0 saturated heterocycles. The Bertz CT molecular complexity index is 491. The molecule has 118 valence electrons. The smallest absolute Gasteiger partial charge is 0.261 e. The van der Waals surface area contributed by atoms with E-state index in [1.165, 1.54) is 37.0 Å². The molecule has 0 atom stereocenters. The number of nitrogens with one attached hydrogen (secondary N) is 1. The van der Waals surface area contributed by atoms with Crippen LogP contribution in [0.2, 0.25) is 0 Å². The van der Waals surface area contributed by atoms with E-state index in [0.29, 0.717) is 22.4 Å².